The number of anilines is 1. The van der Waals surface area contributed by atoms with Crippen LogP contribution in [0.15, 0.2) is 18.2 Å². The number of benzene rings is 1. The summed E-state index contributed by atoms with van der Waals surface area (Å²) in [7, 11) is 0. The van der Waals surface area contributed by atoms with E-state index in [0.717, 1.165) is 18.8 Å². The molecule has 0 unspecified atom stereocenters. The lowest BCUT2D eigenvalue weighted by atomic mass is 10.1. The summed E-state index contributed by atoms with van der Waals surface area (Å²) in [4.78, 5) is 14.7. The van der Waals surface area contributed by atoms with E-state index in [-0.39, 0.29) is 5.91 Å². The van der Waals surface area contributed by atoms with Gasteiger partial charge in [0.15, 0.2) is 0 Å². The van der Waals surface area contributed by atoms with Gasteiger partial charge in [0.25, 0.3) is 0 Å². The molecule has 1 aliphatic heterocycles. The van der Waals surface area contributed by atoms with Crippen molar-refractivity contribution in [1.29, 1.82) is 0 Å². The predicted molar refractivity (Wildman–Crippen MR) is 96.9 cm³/mol. The van der Waals surface area contributed by atoms with Gasteiger partial charge in [-0.2, -0.15) is 0 Å². The fourth-order valence-electron chi connectivity index (χ4n) is 3.01. The summed E-state index contributed by atoms with van der Waals surface area (Å²) in [5, 5.41) is 2.99. The number of amides is 1. The van der Waals surface area contributed by atoms with Gasteiger partial charge in [0.2, 0.25) is 5.91 Å². The molecule has 0 aromatic heterocycles. The highest BCUT2D eigenvalue weighted by atomic mass is 16.5. The molecule has 0 aliphatic carbocycles. The Morgan fingerprint density at radius 1 is 1.04 bits per heavy atom. The summed E-state index contributed by atoms with van der Waals surface area (Å²) in [6, 6.07) is 5.54. The number of carbonyl (C=O) groups is 1. The highest BCUT2D eigenvalue weighted by molar-refractivity contribution is 5.94. The molecule has 1 N–H and O–H groups in total. The molecule has 1 heterocycles. The average Bonchev–Trinajstić information content (AvgIpc) is 2.53. The van der Waals surface area contributed by atoms with E-state index >= 15 is 0 Å². The van der Waals surface area contributed by atoms with Crippen LogP contribution < -0.4 is 14.8 Å². The average molecular weight is 334 g/mol. The Labute approximate surface area is 145 Å². The van der Waals surface area contributed by atoms with Crippen LogP contribution in [-0.2, 0) is 4.79 Å². The molecule has 1 saturated heterocycles. The van der Waals surface area contributed by atoms with Crippen LogP contribution in [0.25, 0.3) is 0 Å². The van der Waals surface area contributed by atoms with Crippen LogP contribution in [0.3, 0.4) is 0 Å². The Morgan fingerprint density at radius 3 is 2.38 bits per heavy atom. The SMILES string of the molecule is CCOc1ccc(OCC)c(NC(=O)CN2CCCCCCC2)c1. The molecular weight excluding hydrogens is 304 g/mol. The largest absolute Gasteiger partial charge is 0.494 e. The smallest absolute Gasteiger partial charge is 0.238 e. The molecule has 1 aromatic rings. The monoisotopic (exact) mass is 334 g/mol. The van der Waals surface area contributed by atoms with Crippen LogP contribution in [-0.4, -0.2) is 43.7 Å². The second-order valence-electron chi connectivity index (χ2n) is 6.12. The first-order chi connectivity index (χ1) is 11.7. The lowest BCUT2D eigenvalue weighted by Crippen LogP contribution is -2.35. The first kappa shape index (κ1) is 18.6. The topological polar surface area (TPSA) is 50.8 Å². The number of hydrogen-bond donors (Lipinski definition) is 1. The lowest BCUT2D eigenvalue weighted by Gasteiger charge is -2.24. The third kappa shape index (κ3) is 6.04. The van der Waals surface area contributed by atoms with Crippen molar-refractivity contribution in [1.82, 2.24) is 4.90 Å². The fourth-order valence-corrected chi connectivity index (χ4v) is 3.01. The maximum atomic E-state index is 12.5. The van der Waals surface area contributed by atoms with Crippen LogP contribution in [0.4, 0.5) is 5.69 Å². The number of nitrogens with zero attached hydrogens (tertiary/aromatic N) is 1. The van der Waals surface area contributed by atoms with Crippen LogP contribution in [0.2, 0.25) is 0 Å². The zero-order chi connectivity index (χ0) is 17.2. The minimum Gasteiger partial charge on any atom is -0.494 e. The highest BCUT2D eigenvalue weighted by Crippen LogP contribution is 2.29. The molecule has 5 nitrogen and oxygen atoms in total. The Kier molecular flexibility index (Phi) is 7.89. The maximum absolute atomic E-state index is 12.5. The van der Waals surface area contributed by atoms with Gasteiger partial charge in [-0.05, 0) is 51.9 Å². The Balaban J connectivity index is 1.98. The molecule has 1 fully saturated rings. The molecule has 1 aliphatic rings. The predicted octanol–water partition coefficient (Wildman–Crippen LogP) is 3.69. The zero-order valence-electron chi connectivity index (χ0n) is 15.0. The van der Waals surface area contributed by atoms with E-state index in [1.54, 1.807) is 0 Å². The molecule has 0 bridgehead atoms. The third-order valence-electron chi connectivity index (χ3n) is 4.15. The van der Waals surface area contributed by atoms with Gasteiger partial charge in [-0.1, -0.05) is 19.3 Å². The first-order valence-corrected chi connectivity index (χ1v) is 9.14. The van der Waals surface area contributed by atoms with Gasteiger partial charge in [0.05, 0.1) is 25.4 Å². The lowest BCUT2D eigenvalue weighted by molar-refractivity contribution is -0.117. The van der Waals surface area contributed by atoms with Crippen LogP contribution in [0.5, 0.6) is 11.5 Å². The summed E-state index contributed by atoms with van der Waals surface area (Å²) >= 11 is 0. The summed E-state index contributed by atoms with van der Waals surface area (Å²) in [6.45, 7) is 7.47. The van der Waals surface area contributed by atoms with Crippen molar-refractivity contribution >= 4 is 11.6 Å². The van der Waals surface area contributed by atoms with Gasteiger partial charge >= 0.3 is 0 Å². The molecule has 1 aromatic carbocycles. The molecule has 0 atom stereocenters. The molecular formula is C19H30N2O3. The van der Waals surface area contributed by atoms with Crippen LogP contribution in [0.1, 0.15) is 46.0 Å². The van der Waals surface area contributed by atoms with Gasteiger partial charge < -0.3 is 14.8 Å². The van der Waals surface area contributed by atoms with Crippen molar-refractivity contribution in [3.8, 4) is 11.5 Å². The van der Waals surface area contributed by atoms with Gasteiger partial charge in [-0.15, -0.1) is 0 Å². The molecule has 0 radical (unpaired) electrons. The highest BCUT2D eigenvalue weighted by Gasteiger charge is 2.14. The van der Waals surface area contributed by atoms with E-state index in [0.29, 0.717) is 31.2 Å². The molecule has 24 heavy (non-hydrogen) atoms. The second kappa shape index (κ2) is 10.2. The molecule has 1 amide bonds. The van der Waals surface area contributed by atoms with E-state index in [1.807, 2.05) is 32.0 Å². The molecule has 0 saturated carbocycles. The normalized spacial score (nSPS) is 16.1. The Bertz CT molecular complexity index is 511. The van der Waals surface area contributed by atoms with E-state index in [2.05, 4.69) is 10.2 Å². The number of rotatable bonds is 7. The van der Waals surface area contributed by atoms with Crippen molar-refractivity contribution in [3.05, 3.63) is 18.2 Å². The third-order valence-corrected chi connectivity index (χ3v) is 4.15. The number of hydrogen-bond acceptors (Lipinski definition) is 4. The van der Waals surface area contributed by atoms with E-state index in [4.69, 9.17) is 9.47 Å². The molecule has 134 valence electrons. The van der Waals surface area contributed by atoms with Gasteiger partial charge in [-0.25, -0.2) is 0 Å². The summed E-state index contributed by atoms with van der Waals surface area (Å²) < 4.78 is 11.1. The standard InChI is InChI=1S/C19H30N2O3/c1-3-23-16-10-11-18(24-4-2)17(14-16)20-19(22)15-21-12-8-6-5-7-9-13-21/h10-11,14H,3-9,12-13,15H2,1-2H3,(H,20,22). The number of ether oxygens (including phenoxy) is 2. The second-order valence-corrected chi connectivity index (χ2v) is 6.12. The first-order valence-electron chi connectivity index (χ1n) is 9.14. The van der Waals surface area contributed by atoms with Gasteiger partial charge in [0, 0.05) is 6.07 Å². The number of likely N-dealkylation sites (tertiary alicyclic amines) is 1. The molecule has 2 rings (SSSR count). The minimum absolute atomic E-state index is 0.00479. The van der Waals surface area contributed by atoms with E-state index in [9.17, 15) is 4.79 Å². The number of carbonyl (C=O) groups excluding carboxylic acids is 1. The van der Waals surface area contributed by atoms with Crippen LogP contribution >= 0.6 is 0 Å². The summed E-state index contributed by atoms with van der Waals surface area (Å²) in [5.74, 6) is 1.43. The summed E-state index contributed by atoms with van der Waals surface area (Å²) in [6.07, 6.45) is 6.21. The Morgan fingerprint density at radius 2 is 1.71 bits per heavy atom. The Hall–Kier alpha value is -1.75. The fraction of sp³-hybridized carbons (Fsp3) is 0.632. The van der Waals surface area contributed by atoms with Crippen molar-refractivity contribution in [2.45, 2.75) is 46.0 Å². The maximum Gasteiger partial charge on any atom is 0.238 e. The minimum atomic E-state index is 0.00479. The molecule has 5 heteroatoms. The van der Waals surface area contributed by atoms with E-state index in [1.165, 1.54) is 32.1 Å². The van der Waals surface area contributed by atoms with Crippen molar-refractivity contribution in [2.24, 2.45) is 0 Å². The van der Waals surface area contributed by atoms with Gasteiger partial charge in [0.1, 0.15) is 11.5 Å². The quantitative estimate of drug-likeness (QED) is 0.826. The van der Waals surface area contributed by atoms with Gasteiger partial charge in [-0.3, -0.25) is 9.69 Å². The van der Waals surface area contributed by atoms with Crippen LogP contribution in [0, 0.1) is 0 Å². The zero-order valence-corrected chi connectivity index (χ0v) is 15.0. The molecule has 0 spiro atoms. The summed E-state index contributed by atoms with van der Waals surface area (Å²) in [5.41, 5.74) is 0.680. The van der Waals surface area contributed by atoms with E-state index < -0.39 is 0 Å². The van der Waals surface area contributed by atoms with Crippen molar-refractivity contribution in [2.75, 3.05) is 38.2 Å². The van der Waals surface area contributed by atoms with Crippen molar-refractivity contribution < 1.29 is 14.3 Å². The number of nitrogens with one attached hydrogen (secondary N) is 1. The van der Waals surface area contributed by atoms with Crippen molar-refractivity contribution in [3.63, 3.8) is 0 Å².